The normalized spacial score (nSPS) is 18.6. The lowest BCUT2D eigenvalue weighted by Crippen LogP contribution is -2.15. The SMILES string of the molecule is O=C(O)COc1cccc(NC(=O)C2CC2c2ccc(C(F)(F)F)cc2)c1. The molecule has 1 fully saturated rings. The molecule has 27 heavy (non-hydrogen) atoms. The summed E-state index contributed by atoms with van der Waals surface area (Å²) in [6, 6.07) is 11.2. The number of benzene rings is 2. The average Bonchev–Trinajstić information content (AvgIpc) is 3.40. The first kappa shape index (κ1) is 18.8. The van der Waals surface area contributed by atoms with E-state index in [-0.39, 0.29) is 17.7 Å². The van der Waals surface area contributed by atoms with Crippen molar-refractivity contribution in [3.8, 4) is 5.75 Å². The number of halogens is 3. The Kier molecular flexibility index (Phi) is 5.07. The molecule has 2 atom stereocenters. The number of ether oxygens (including phenoxy) is 1. The number of carbonyl (C=O) groups excluding carboxylic acids is 1. The molecule has 0 aliphatic heterocycles. The van der Waals surface area contributed by atoms with Crippen molar-refractivity contribution in [3.05, 3.63) is 59.7 Å². The first-order valence-electron chi connectivity index (χ1n) is 8.17. The van der Waals surface area contributed by atoms with Gasteiger partial charge in [0.2, 0.25) is 5.91 Å². The van der Waals surface area contributed by atoms with Crippen LogP contribution in [0.2, 0.25) is 0 Å². The topological polar surface area (TPSA) is 75.6 Å². The van der Waals surface area contributed by atoms with Crippen LogP contribution in [0.5, 0.6) is 5.75 Å². The van der Waals surface area contributed by atoms with Gasteiger partial charge in [0, 0.05) is 17.7 Å². The standard InChI is InChI=1S/C19H16F3NO4/c20-19(21,22)12-6-4-11(5-7-12)15-9-16(15)18(26)23-13-2-1-3-14(8-13)27-10-17(24)25/h1-8,15-16H,9-10H2,(H,23,26)(H,24,25). The number of hydrogen-bond donors (Lipinski definition) is 2. The molecule has 1 amide bonds. The number of carboxylic acids is 1. The molecule has 142 valence electrons. The van der Waals surface area contributed by atoms with E-state index in [9.17, 15) is 22.8 Å². The summed E-state index contributed by atoms with van der Waals surface area (Å²) in [7, 11) is 0. The van der Waals surface area contributed by atoms with E-state index in [1.165, 1.54) is 18.2 Å². The number of hydrogen-bond acceptors (Lipinski definition) is 3. The second-order valence-corrected chi connectivity index (χ2v) is 6.27. The number of nitrogens with one attached hydrogen (secondary N) is 1. The molecule has 3 rings (SSSR count). The molecule has 0 saturated heterocycles. The van der Waals surface area contributed by atoms with Crippen LogP contribution in [0.3, 0.4) is 0 Å². The van der Waals surface area contributed by atoms with Crippen molar-refractivity contribution in [3.63, 3.8) is 0 Å². The van der Waals surface area contributed by atoms with Crippen LogP contribution in [0.25, 0.3) is 0 Å². The van der Waals surface area contributed by atoms with Crippen molar-refractivity contribution < 1.29 is 32.6 Å². The van der Waals surface area contributed by atoms with Crippen LogP contribution in [-0.2, 0) is 15.8 Å². The van der Waals surface area contributed by atoms with Gasteiger partial charge in [-0.15, -0.1) is 0 Å². The third-order valence-electron chi connectivity index (χ3n) is 4.26. The Labute approximate surface area is 152 Å². The molecule has 0 heterocycles. The van der Waals surface area contributed by atoms with Gasteiger partial charge in [0.15, 0.2) is 6.61 Å². The summed E-state index contributed by atoms with van der Waals surface area (Å²) in [5.41, 5.74) is 0.439. The Bertz CT molecular complexity index is 849. The van der Waals surface area contributed by atoms with Crippen LogP contribution in [-0.4, -0.2) is 23.6 Å². The van der Waals surface area contributed by atoms with E-state index >= 15 is 0 Å². The summed E-state index contributed by atoms with van der Waals surface area (Å²) >= 11 is 0. The second kappa shape index (κ2) is 7.30. The second-order valence-electron chi connectivity index (χ2n) is 6.27. The zero-order valence-electron chi connectivity index (χ0n) is 14.0. The Hall–Kier alpha value is -3.03. The number of rotatable bonds is 6. The number of amides is 1. The lowest BCUT2D eigenvalue weighted by molar-refractivity contribution is -0.139. The quantitative estimate of drug-likeness (QED) is 0.798. The molecule has 8 heteroatoms. The summed E-state index contributed by atoms with van der Waals surface area (Å²) in [5, 5.41) is 11.3. The third-order valence-corrected chi connectivity index (χ3v) is 4.26. The molecule has 1 aliphatic carbocycles. The van der Waals surface area contributed by atoms with Crippen LogP contribution < -0.4 is 10.1 Å². The summed E-state index contributed by atoms with van der Waals surface area (Å²) in [5.74, 6) is -1.47. The number of aliphatic carboxylic acids is 1. The van der Waals surface area contributed by atoms with Crippen molar-refractivity contribution in [2.24, 2.45) is 5.92 Å². The summed E-state index contributed by atoms with van der Waals surface area (Å²) in [4.78, 5) is 22.9. The Morgan fingerprint density at radius 1 is 1.15 bits per heavy atom. The highest BCUT2D eigenvalue weighted by Gasteiger charge is 2.44. The van der Waals surface area contributed by atoms with Crippen molar-refractivity contribution in [1.82, 2.24) is 0 Å². The zero-order chi connectivity index (χ0) is 19.6. The van der Waals surface area contributed by atoms with Crippen LogP contribution in [0.1, 0.15) is 23.5 Å². The van der Waals surface area contributed by atoms with E-state index in [1.807, 2.05) is 0 Å². The minimum atomic E-state index is -4.38. The highest BCUT2D eigenvalue weighted by Crippen LogP contribution is 2.48. The fraction of sp³-hybridized carbons (Fsp3) is 0.263. The Morgan fingerprint density at radius 2 is 1.85 bits per heavy atom. The fourth-order valence-electron chi connectivity index (χ4n) is 2.82. The minimum Gasteiger partial charge on any atom is -0.482 e. The van der Waals surface area contributed by atoms with Gasteiger partial charge >= 0.3 is 12.1 Å². The van der Waals surface area contributed by atoms with Crippen LogP contribution >= 0.6 is 0 Å². The van der Waals surface area contributed by atoms with E-state index < -0.39 is 24.3 Å². The molecule has 2 N–H and O–H groups in total. The van der Waals surface area contributed by atoms with E-state index in [1.54, 1.807) is 18.2 Å². The number of carboxylic acid groups (broad SMARTS) is 1. The minimum absolute atomic E-state index is 0.112. The van der Waals surface area contributed by atoms with E-state index in [0.717, 1.165) is 12.1 Å². The predicted octanol–water partition coefficient (Wildman–Crippen LogP) is 3.91. The van der Waals surface area contributed by atoms with Crippen LogP contribution in [0.4, 0.5) is 18.9 Å². The van der Waals surface area contributed by atoms with Crippen LogP contribution in [0, 0.1) is 5.92 Å². The molecular weight excluding hydrogens is 363 g/mol. The molecule has 5 nitrogen and oxygen atoms in total. The van der Waals surface area contributed by atoms with Gasteiger partial charge in [-0.2, -0.15) is 13.2 Å². The van der Waals surface area contributed by atoms with Gasteiger partial charge in [0.25, 0.3) is 0 Å². The average molecular weight is 379 g/mol. The summed E-state index contributed by atoms with van der Waals surface area (Å²) in [6.07, 6.45) is -3.82. The van der Waals surface area contributed by atoms with E-state index in [4.69, 9.17) is 9.84 Å². The molecular formula is C19H16F3NO4. The monoisotopic (exact) mass is 379 g/mol. The van der Waals surface area contributed by atoms with E-state index in [0.29, 0.717) is 23.4 Å². The molecule has 2 aromatic rings. The first-order valence-corrected chi connectivity index (χ1v) is 8.17. The summed E-state index contributed by atoms with van der Waals surface area (Å²) < 4.78 is 42.9. The fourth-order valence-corrected chi connectivity index (χ4v) is 2.82. The molecule has 0 radical (unpaired) electrons. The van der Waals surface area contributed by atoms with Gasteiger partial charge < -0.3 is 15.2 Å². The molecule has 0 spiro atoms. The maximum absolute atomic E-state index is 12.6. The maximum atomic E-state index is 12.6. The highest BCUT2D eigenvalue weighted by atomic mass is 19.4. The van der Waals surface area contributed by atoms with Gasteiger partial charge in [0.05, 0.1) is 5.56 Å². The molecule has 1 saturated carbocycles. The van der Waals surface area contributed by atoms with Gasteiger partial charge in [-0.1, -0.05) is 18.2 Å². The van der Waals surface area contributed by atoms with Crippen molar-refractivity contribution in [2.45, 2.75) is 18.5 Å². The predicted molar refractivity (Wildman–Crippen MR) is 90.5 cm³/mol. The molecule has 0 bridgehead atoms. The van der Waals surface area contributed by atoms with Gasteiger partial charge in [0.1, 0.15) is 5.75 Å². The molecule has 2 aromatic carbocycles. The number of alkyl halides is 3. The van der Waals surface area contributed by atoms with Crippen molar-refractivity contribution in [2.75, 3.05) is 11.9 Å². The van der Waals surface area contributed by atoms with Gasteiger partial charge in [-0.3, -0.25) is 4.79 Å². The molecule has 2 unspecified atom stereocenters. The maximum Gasteiger partial charge on any atom is 0.416 e. The van der Waals surface area contributed by atoms with Gasteiger partial charge in [-0.25, -0.2) is 4.79 Å². The number of carbonyl (C=O) groups is 2. The lowest BCUT2D eigenvalue weighted by Gasteiger charge is -2.09. The zero-order valence-corrected chi connectivity index (χ0v) is 14.0. The van der Waals surface area contributed by atoms with Gasteiger partial charge in [-0.05, 0) is 42.2 Å². The summed E-state index contributed by atoms with van der Waals surface area (Å²) in [6.45, 7) is -0.490. The largest absolute Gasteiger partial charge is 0.482 e. The van der Waals surface area contributed by atoms with Crippen molar-refractivity contribution >= 4 is 17.6 Å². The molecule has 0 aromatic heterocycles. The van der Waals surface area contributed by atoms with Crippen molar-refractivity contribution in [1.29, 1.82) is 0 Å². The Balaban J connectivity index is 1.59. The van der Waals surface area contributed by atoms with Crippen LogP contribution in [0.15, 0.2) is 48.5 Å². The lowest BCUT2D eigenvalue weighted by atomic mass is 10.1. The Morgan fingerprint density at radius 3 is 2.48 bits per heavy atom. The first-order chi connectivity index (χ1) is 12.7. The third kappa shape index (κ3) is 4.78. The number of anilines is 1. The smallest absolute Gasteiger partial charge is 0.416 e. The molecule has 1 aliphatic rings. The van der Waals surface area contributed by atoms with E-state index in [2.05, 4.69) is 5.32 Å². The highest BCUT2D eigenvalue weighted by molar-refractivity contribution is 5.95.